The van der Waals surface area contributed by atoms with Crippen LogP contribution in [0.2, 0.25) is 0 Å². The van der Waals surface area contributed by atoms with Gasteiger partial charge in [-0.1, -0.05) is 31.0 Å². The fourth-order valence-corrected chi connectivity index (χ4v) is 3.48. The minimum atomic E-state index is -0.825. The van der Waals surface area contributed by atoms with E-state index in [1.54, 1.807) is 43.1 Å². The molecule has 1 fully saturated rings. The molecule has 2 aromatic rings. The summed E-state index contributed by atoms with van der Waals surface area (Å²) < 4.78 is 6.59. The maximum Gasteiger partial charge on any atom is 0.312 e. The number of benzene rings is 1. The number of esters is 1. The number of likely N-dealkylation sites (tertiary alicyclic amines) is 1. The standard InChI is InChI=1S/C20H25N3O4/c1-14(19(25)23-11-7-3-4-8-12-23)27-18(24)13-17-15-9-5-6-10-16(15)20(26)22(2)21-17/h5-6,9-10,14H,3-4,7-8,11-13H2,1-2H3/t14-/m1/s1. The van der Waals surface area contributed by atoms with Crippen LogP contribution in [0.5, 0.6) is 0 Å². The van der Waals surface area contributed by atoms with Crippen LogP contribution in [0, 0.1) is 0 Å². The minimum Gasteiger partial charge on any atom is -0.452 e. The first-order valence-electron chi connectivity index (χ1n) is 9.40. The van der Waals surface area contributed by atoms with Crippen molar-refractivity contribution in [3.05, 3.63) is 40.3 Å². The summed E-state index contributed by atoms with van der Waals surface area (Å²) in [5.41, 5.74) is 0.250. The SMILES string of the molecule is C[C@@H](OC(=O)Cc1nn(C)c(=O)c2ccccc12)C(=O)N1CCCCCC1. The van der Waals surface area contributed by atoms with Crippen LogP contribution in [0.1, 0.15) is 38.3 Å². The van der Waals surface area contributed by atoms with E-state index in [1.807, 2.05) is 0 Å². The zero-order chi connectivity index (χ0) is 19.4. The van der Waals surface area contributed by atoms with Crippen molar-refractivity contribution in [1.29, 1.82) is 0 Å². The fourth-order valence-electron chi connectivity index (χ4n) is 3.48. The number of amides is 1. The second-order valence-electron chi connectivity index (χ2n) is 6.97. The molecule has 0 saturated carbocycles. The lowest BCUT2D eigenvalue weighted by molar-refractivity contribution is -0.158. The van der Waals surface area contributed by atoms with E-state index in [4.69, 9.17) is 4.74 Å². The molecule has 7 heteroatoms. The number of rotatable bonds is 4. The summed E-state index contributed by atoms with van der Waals surface area (Å²) in [4.78, 5) is 38.9. The van der Waals surface area contributed by atoms with Crippen LogP contribution < -0.4 is 5.56 Å². The molecule has 0 radical (unpaired) electrons. The van der Waals surface area contributed by atoms with Crippen molar-refractivity contribution in [3.8, 4) is 0 Å². The van der Waals surface area contributed by atoms with Crippen LogP contribution in [-0.4, -0.2) is 45.8 Å². The van der Waals surface area contributed by atoms with Gasteiger partial charge in [-0.2, -0.15) is 5.10 Å². The molecule has 2 heterocycles. The third kappa shape index (κ3) is 4.35. The second-order valence-corrected chi connectivity index (χ2v) is 6.97. The number of carbonyl (C=O) groups excluding carboxylic acids is 2. The quantitative estimate of drug-likeness (QED) is 0.766. The first kappa shape index (κ1) is 19.1. The number of aryl methyl sites for hydroxylation is 1. The average molecular weight is 371 g/mol. The Morgan fingerprint density at radius 2 is 1.74 bits per heavy atom. The zero-order valence-electron chi connectivity index (χ0n) is 15.8. The Bertz CT molecular complexity index is 898. The Balaban J connectivity index is 1.70. The number of hydrogen-bond donors (Lipinski definition) is 0. The predicted molar refractivity (Wildman–Crippen MR) is 101 cm³/mol. The Morgan fingerprint density at radius 3 is 2.41 bits per heavy atom. The van der Waals surface area contributed by atoms with Gasteiger partial charge in [0.05, 0.1) is 17.5 Å². The highest BCUT2D eigenvalue weighted by Gasteiger charge is 2.25. The summed E-state index contributed by atoms with van der Waals surface area (Å²) >= 11 is 0. The van der Waals surface area contributed by atoms with E-state index in [-0.39, 0.29) is 17.9 Å². The van der Waals surface area contributed by atoms with E-state index in [2.05, 4.69) is 5.10 Å². The van der Waals surface area contributed by atoms with Crippen molar-refractivity contribution in [1.82, 2.24) is 14.7 Å². The van der Waals surface area contributed by atoms with Gasteiger partial charge in [0.25, 0.3) is 11.5 Å². The highest BCUT2D eigenvalue weighted by molar-refractivity contribution is 5.88. The van der Waals surface area contributed by atoms with Gasteiger partial charge in [0.1, 0.15) is 0 Å². The fraction of sp³-hybridized carbons (Fsp3) is 0.500. The second kappa shape index (κ2) is 8.33. The Kier molecular flexibility index (Phi) is 5.88. The van der Waals surface area contributed by atoms with Gasteiger partial charge in [-0.15, -0.1) is 0 Å². The van der Waals surface area contributed by atoms with Gasteiger partial charge in [0, 0.05) is 25.5 Å². The molecule has 0 aliphatic carbocycles. The molecule has 0 bridgehead atoms. The summed E-state index contributed by atoms with van der Waals surface area (Å²) in [6.45, 7) is 3.04. The van der Waals surface area contributed by atoms with Gasteiger partial charge in [-0.3, -0.25) is 14.4 Å². The normalized spacial score (nSPS) is 16.0. The lowest BCUT2D eigenvalue weighted by atomic mass is 10.1. The van der Waals surface area contributed by atoms with Gasteiger partial charge in [0.2, 0.25) is 0 Å². The van der Waals surface area contributed by atoms with Gasteiger partial charge in [-0.25, -0.2) is 4.68 Å². The molecule has 1 amide bonds. The van der Waals surface area contributed by atoms with Crippen LogP contribution >= 0.6 is 0 Å². The lowest BCUT2D eigenvalue weighted by Gasteiger charge is -2.24. The Hall–Kier alpha value is -2.70. The molecular formula is C20H25N3O4. The largest absolute Gasteiger partial charge is 0.452 e. The third-order valence-corrected chi connectivity index (χ3v) is 4.92. The monoisotopic (exact) mass is 371 g/mol. The zero-order valence-corrected chi connectivity index (χ0v) is 15.8. The molecular weight excluding hydrogens is 346 g/mol. The van der Waals surface area contributed by atoms with Crippen molar-refractivity contribution >= 4 is 22.6 Å². The van der Waals surface area contributed by atoms with E-state index >= 15 is 0 Å². The molecule has 1 atom stereocenters. The number of nitrogens with zero attached hydrogens (tertiary/aromatic N) is 3. The van der Waals surface area contributed by atoms with Gasteiger partial charge in [0.15, 0.2) is 6.10 Å². The van der Waals surface area contributed by atoms with Gasteiger partial charge >= 0.3 is 5.97 Å². The molecule has 27 heavy (non-hydrogen) atoms. The number of fused-ring (bicyclic) bond motifs is 1. The van der Waals surface area contributed by atoms with Crippen LogP contribution in [0.3, 0.4) is 0 Å². The van der Waals surface area contributed by atoms with E-state index in [0.29, 0.717) is 29.6 Å². The van der Waals surface area contributed by atoms with E-state index in [9.17, 15) is 14.4 Å². The number of hydrogen-bond acceptors (Lipinski definition) is 5. The van der Waals surface area contributed by atoms with Crippen molar-refractivity contribution in [2.75, 3.05) is 13.1 Å². The number of aromatic nitrogens is 2. The Labute approximate surface area is 157 Å². The molecule has 3 rings (SSSR count). The molecule has 0 N–H and O–H groups in total. The van der Waals surface area contributed by atoms with Gasteiger partial charge in [-0.05, 0) is 25.8 Å². The summed E-state index contributed by atoms with van der Waals surface area (Å²) in [5.74, 6) is -0.675. The van der Waals surface area contributed by atoms with Crippen LogP contribution in [-0.2, 0) is 27.8 Å². The number of ether oxygens (including phenoxy) is 1. The summed E-state index contributed by atoms with van der Waals surface area (Å²) in [6.07, 6.45) is 3.31. The van der Waals surface area contributed by atoms with Crippen LogP contribution in [0.4, 0.5) is 0 Å². The molecule has 0 unspecified atom stereocenters. The maximum absolute atomic E-state index is 12.5. The molecule has 1 aliphatic rings. The number of carbonyl (C=O) groups is 2. The summed E-state index contributed by atoms with van der Waals surface area (Å²) in [6, 6.07) is 7.04. The van der Waals surface area contributed by atoms with E-state index in [0.717, 1.165) is 25.7 Å². The molecule has 1 aromatic carbocycles. The molecule has 7 nitrogen and oxygen atoms in total. The predicted octanol–water partition coefficient (Wildman–Crippen LogP) is 1.81. The van der Waals surface area contributed by atoms with E-state index in [1.165, 1.54) is 4.68 Å². The van der Waals surface area contributed by atoms with Crippen molar-refractivity contribution in [2.45, 2.75) is 45.1 Å². The Morgan fingerprint density at radius 1 is 1.11 bits per heavy atom. The van der Waals surface area contributed by atoms with Crippen molar-refractivity contribution in [3.63, 3.8) is 0 Å². The highest BCUT2D eigenvalue weighted by atomic mass is 16.5. The lowest BCUT2D eigenvalue weighted by Crippen LogP contribution is -2.40. The molecule has 1 aliphatic heterocycles. The van der Waals surface area contributed by atoms with Crippen LogP contribution in [0.15, 0.2) is 29.1 Å². The highest BCUT2D eigenvalue weighted by Crippen LogP contribution is 2.15. The summed E-state index contributed by atoms with van der Waals surface area (Å²) in [5, 5.41) is 5.34. The first-order chi connectivity index (χ1) is 13.0. The smallest absolute Gasteiger partial charge is 0.312 e. The van der Waals surface area contributed by atoms with Crippen LogP contribution in [0.25, 0.3) is 10.8 Å². The molecule has 0 spiro atoms. The first-order valence-corrected chi connectivity index (χ1v) is 9.40. The average Bonchev–Trinajstić information content (AvgIpc) is 2.94. The van der Waals surface area contributed by atoms with Gasteiger partial charge < -0.3 is 9.64 Å². The summed E-state index contributed by atoms with van der Waals surface area (Å²) in [7, 11) is 1.55. The van der Waals surface area contributed by atoms with Crippen molar-refractivity contribution < 1.29 is 14.3 Å². The topological polar surface area (TPSA) is 81.5 Å². The van der Waals surface area contributed by atoms with E-state index < -0.39 is 12.1 Å². The van der Waals surface area contributed by atoms with Crippen molar-refractivity contribution in [2.24, 2.45) is 7.05 Å². The molecule has 1 saturated heterocycles. The minimum absolute atomic E-state index is 0.0910. The molecule has 144 valence electrons. The molecule has 1 aromatic heterocycles. The third-order valence-electron chi connectivity index (χ3n) is 4.92. The maximum atomic E-state index is 12.5.